The third-order valence-electron chi connectivity index (χ3n) is 3.24. The topological polar surface area (TPSA) is 38.2 Å². The SMILES string of the molecule is CN(CC1CCCO1)c1cc(Br)nc(C(C)(C)C)n1. The summed E-state index contributed by atoms with van der Waals surface area (Å²) in [6.07, 6.45) is 2.64. The summed E-state index contributed by atoms with van der Waals surface area (Å²) in [6.45, 7) is 8.14. The predicted molar refractivity (Wildman–Crippen MR) is 80.7 cm³/mol. The summed E-state index contributed by atoms with van der Waals surface area (Å²) in [7, 11) is 2.06. The van der Waals surface area contributed by atoms with E-state index in [0.717, 1.165) is 35.8 Å². The third-order valence-corrected chi connectivity index (χ3v) is 3.65. The lowest BCUT2D eigenvalue weighted by atomic mass is 9.96. The Hall–Kier alpha value is -0.680. The predicted octanol–water partition coefficient (Wildman–Crippen LogP) is 3.15. The molecular formula is C14H22BrN3O. The smallest absolute Gasteiger partial charge is 0.137 e. The molecule has 0 saturated carbocycles. The molecular weight excluding hydrogens is 306 g/mol. The van der Waals surface area contributed by atoms with E-state index in [0.29, 0.717) is 6.10 Å². The lowest BCUT2D eigenvalue weighted by Gasteiger charge is -2.24. The molecule has 5 heteroatoms. The molecule has 0 aliphatic carbocycles. The van der Waals surface area contributed by atoms with Crippen molar-refractivity contribution in [1.29, 1.82) is 0 Å². The highest BCUT2D eigenvalue weighted by Gasteiger charge is 2.22. The summed E-state index contributed by atoms with van der Waals surface area (Å²) in [6, 6.07) is 1.96. The molecule has 0 bridgehead atoms. The fourth-order valence-electron chi connectivity index (χ4n) is 2.12. The van der Waals surface area contributed by atoms with E-state index in [9.17, 15) is 0 Å². The van der Waals surface area contributed by atoms with E-state index < -0.39 is 0 Å². The van der Waals surface area contributed by atoms with Crippen LogP contribution in [0.15, 0.2) is 10.7 Å². The summed E-state index contributed by atoms with van der Waals surface area (Å²) in [5, 5.41) is 0. The lowest BCUT2D eigenvalue weighted by molar-refractivity contribution is 0.116. The quantitative estimate of drug-likeness (QED) is 0.799. The molecule has 1 unspecified atom stereocenters. The molecule has 1 aromatic heterocycles. The van der Waals surface area contributed by atoms with Gasteiger partial charge in [-0.15, -0.1) is 0 Å². The molecule has 2 rings (SSSR count). The van der Waals surface area contributed by atoms with Gasteiger partial charge in [0.2, 0.25) is 0 Å². The van der Waals surface area contributed by atoms with Crippen LogP contribution in [0.2, 0.25) is 0 Å². The fourth-order valence-corrected chi connectivity index (χ4v) is 2.50. The summed E-state index contributed by atoms with van der Waals surface area (Å²) in [5.41, 5.74) is -0.0524. The van der Waals surface area contributed by atoms with Crippen LogP contribution >= 0.6 is 15.9 Å². The van der Waals surface area contributed by atoms with Gasteiger partial charge < -0.3 is 9.64 Å². The number of rotatable bonds is 3. The molecule has 0 N–H and O–H groups in total. The molecule has 0 spiro atoms. The maximum Gasteiger partial charge on any atom is 0.137 e. The van der Waals surface area contributed by atoms with Crippen LogP contribution in [0, 0.1) is 0 Å². The third kappa shape index (κ3) is 3.89. The van der Waals surface area contributed by atoms with E-state index in [1.165, 1.54) is 6.42 Å². The van der Waals surface area contributed by atoms with E-state index in [-0.39, 0.29) is 5.41 Å². The molecule has 1 aromatic rings. The van der Waals surface area contributed by atoms with Crippen molar-refractivity contribution < 1.29 is 4.74 Å². The lowest BCUT2D eigenvalue weighted by Crippen LogP contribution is -2.30. The van der Waals surface area contributed by atoms with Crippen molar-refractivity contribution in [2.45, 2.75) is 45.1 Å². The number of anilines is 1. The first-order chi connectivity index (χ1) is 8.86. The minimum atomic E-state index is -0.0524. The van der Waals surface area contributed by atoms with Crippen molar-refractivity contribution in [2.24, 2.45) is 0 Å². The van der Waals surface area contributed by atoms with Gasteiger partial charge in [0.15, 0.2) is 0 Å². The molecule has 4 nitrogen and oxygen atoms in total. The Balaban J connectivity index is 2.16. The average Bonchev–Trinajstić information content (AvgIpc) is 2.79. The van der Waals surface area contributed by atoms with Gasteiger partial charge in [0.1, 0.15) is 16.2 Å². The number of hydrogen-bond donors (Lipinski definition) is 0. The van der Waals surface area contributed by atoms with Crippen molar-refractivity contribution in [2.75, 3.05) is 25.1 Å². The van der Waals surface area contributed by atoms with Crippen LogP contribution in [0.25, 0.3) is 0 Å². The number of likely N-dealkylation sites (N-methyl/N-ethyl adjacent to an activating group) is 1. The standard InChI is InChI=1S/C14H22BrN3O/c1-14(2,3)13-16-11(15)8-12(17-13)18(4)9-10-6-5-7-19-10/h8,10H,5-7,9H2,1-4H3. The van der Waals surface area contributed by atoms with Gasteiger partial charge in [0.05, 0.1) is 6.10 Å². The highest BCUT2D eigenvalue weighted by atomic mass is 79.9. The zero-order valence-electron chi connectivity index (χ0n) is 12.1. The van der Waals surface area contributed by atoms with Crippen LogP contribution in [-0.4, -0.2) is 36.3 Å². The van der Waals surface area contributed by atoms with Gasteiger partial charge in [0.25, 0.3) is 0 Å². The van der Waals surface area contributed by atoms with Crippen LogP contribution in [0.3, 0.4) is 0 Å². The number of hydrogen-bond acceptors (Lipinski definition) is 4. The fraction of sp³-hybridized carbons (Fsp3) is 0.714. The summed E-state index contributed by atoms with van der Waals surface area (Å²) in [4.78, 5) is 11.3. The van der Waals surface area contributed by atoms with E-state index in [1.807, 2.05) is 6.07 Å². The minimum absolute atomic E-state index is 0.0524. The molecule has 1 aliphatic heterocycles. The molecule has 106 valence electrons. The van der Waals surface area contributed by atoms with E-state index >= 15 is 0 Å². The van der Waals surface area contributed by atoms with Crippen LogP contribution in [-0.2, 0) is 10.2 Å². The van der Waals surface area contributed by atoms with Gasteiger partial charge in [-0.3, -0.25) is 0 Å². The number of halogens is 1. The Morgan fingerprint density at radius 3 is 2.74 bits per heavy atom. The van der Waals surface area contributed by atoms with Crippen LogP contribution in [0.5, 0.6) is 0 Å². The molecule has 1 saturated heterocycles. The Labute approximate surface area is 123 Å². The number of ether oxygens (including phenoxy) is 1. The van der Waals surface area contributed by atoms with E-state index in [2.05, 4.69) is 58.6 Å². The van der Waals surface area contributed by atoms with Gasteiger partial charge in [-0.05, 0) is 28.8 Å². The number of aromatic nitrogens is 2. The first-order valence-corrected chi connectivity index (χ1v) is 7.53. The Bertz CT molecular complexity index is 439. The Morgan fingerprint density at radius 1 is 1.42 bits per heavy atom. The zero-order chi connectivity index (χ0) is 14.0. The summed E-state index contributed by atoms with van der Waals surface area (Å²) >= 11 is 3.48. The van der Waals surface area contributed by atoms with Crippen molar-refractivity contribution in [3.63, 3.8) is 0 Å². The Kier molecular flexibility index (Phi) is 4.46. The van der Waals surface area contributed by atoms with Crippen molar-refractivity contribution in [1.82, 2.24) is 9.97 Å². The van der Waals surface area contributed by atoms with Gasteiger partial charge in [-0.1, -0.05) is 20.8 Å². The first kappa shape index (κ1) is 14.7. The molecule has 1 fully saturated rings. The van der Waals surface area contributed by atoms with E-state index in [4.69, 9.17) is 4.74 Å². The second-order valence-corrected chi connectivity index (χ2v) is 6.95. The molecule has 2 heterocycles. The summed E-state index contributed by atoms with van der Waals surface area (Å²) < 4.78 is 6.51. The van der Waals surface area contributed by atoms with Gasteiger partial charge in [-0.25, -0.2) is 9.97 Å². The maximum atomic E-state index is 5.68. The van der Waals surface area contributed by atoms with Crippen LogP contribution in [0.4, 0.5) is 5.82 Å². The van der Waals surface area contributed by atoms with E-state index in [1.54, 1.807) is 0 Å². The molecule has 0 amide bonds. The maximum absolute atomic E-state index is 5.68. The first-order valence-electron chi connectivity index (χ1n) is 6.74. The van der Waals surface area contributed by atoms with Gasteiger partial charge in [-0.2, -0.15) is 0 Å². The van der Waals surface area contributed by atoms with Crippen molar-refractivity contribution in [3.8, 4) is 0 Å². The average molecular weight is 328 g/mol. The molecule has 0 aromatic carbocycles. The second-order valence-electron chi connectivity index (χ2n) is 6.14. The second kappa shape index (κ2) is 5.75. The van der Waals surface area contributed by atoms with Crippen molar-refractivity contribution in [3.05, 3.63) is 16.5 Å². The van der Waals surface area contributed by atoms with Crippen molar-refractivity contribution >= 4 is 21.7 Å². The largest absolute Gasteiger partial charge is 0.376 e. The zero-order valence-corrected chi connectivity index (χ0v) is 13.7. The monoisotopic (exact) mass is 327 g/mol. The van der Waals surface area contributed by atoms with Gasteiger partial charge in [0, 0.05) is 31.7 Å². The number of nitrogens with zero attached hydrogens (tertiary/aromatic N) is 3. The minimum Gasteiger partial charge on any atom is -0.376 e. The summed E-state index contributed by atoms with van der Waals surface area (Å²) in [5.74, 6) is 1.80. The molecule has 19 heavy (non-hydrogen) atoms. The molecule has 0 radical (unpaired) electrons. The molecule has 1 atom stereocenters. The Morgan fingerprint density at radius 2 is 2.16 bits per heavy atom. The highest BCUT2D eigenvalue weighted by molar-refractivity contribution is 9.10. The van der Waals surface area contributed by atoms with Crippen LogP contribution in [0.1, 0.15) is 39.4 Å². The highest BCUT2D eigenvalue weighted by Crippen LogP contribution is 2.24. The van der Waals surface area contributed by atoms with Crippen LogP contribution < -0.4 is 4.90 Å². The molecule has 1 aliphatic rings. The normalized spacial score (nSPS) is 19.7. The van der Waals surface area contributed by atoms with Gasteiger partial charge >= 0.3 is 0 Å².